The fraction of sp³-hybridized carbons (Fsp3) is 0.467. The molecule has 1 heterocycles. The van der Waals surface area contributed by atoms with Crippen LogP contribution < -0.4 is 10.6 Å². The predicted octanol–water partition coefficient (Wildman–Crippen LogP) is -0.206. The van der Waals surface area contributed by atoms with Crippen LogP contribution in [0.5, 0.6) is 0 Å². The number of benzene rings is 1. The second kappa shape index (κ2) is 7.56. The summed E-state index contributed by atoms with van der Waals surface area (Å²) < 4.78 is 27.8. The second-order valence-electron chi connectivity index (χ2n) is 5.41. The van der Waals surface area contributed by atoms with Crippen LogP contribution >= 0.6 is 0 Å². The second-order valence-corrected chi connectivity index (χ2v) is 7.64. The Morgan fingerprint density at radius 1 is 1.30 bits per heavy atom. The molecule has 1 aliphatic heterocycles. The number of nitrogens with one attached hydrogen (secondary N) is 2. The number of rotatable bonds is 6. The molecule has 23 heavy (non-hydrogen) atoms. The number of hydrogen-bond donors (Lipinski definition) is 2. The highest BCUT2D eigenvalue weighted by Crippen LogP contribution is 2.16. The molecule has 126 valence electrons. The van der Waals surface area contributed by atoms with Crippen LogP contribution in [0.1, 0.15) is 18.1 Å². The summed E-state index contributed by atoms with van der Waals surface area (Å²) in [7, 11) is -1.63. The molecule has 1 aromatic carbocycles. The molecule has 8 heteroatoms. The number of amides is 2. The van der Waals surface area contributed by atoms with Gasteiger partial charge in [-0.05, 0) is 12.0 Å². The lowest BCUT2D eigenvalue weighted by atomic mass is 10.1. The average Bonchev–Trinajstić information content (AvgIpc) is 2.86. The number of carbonyl (C=O) groups is 2. The Morgan fingerprint density at radius 2 is 2.00 bits per heavy atom. The van der Waals surface area contributed by atoms with Crippen molar-refractivity contribution in [3.63, 3.8) is 0 Å². The van der Waals surface area contributed by atoms with Gasteiger partial charge >= 0.3 is 0 Å². The Balaban J connectivity index is 1.82. The molecule has 0 radical (unpaired) electrons. The van der Waals surface area contributed by atoms with Gasteiger partial charge in [0.05, 0.1) is 18.1 Å². The zero-order valence-corrected chi connectivity index (χ0v) is 13.6. The molecular formula is C15H20N2O5S. The summed E-state index contributed by atoms with van der Waals surface area (Å²) in [4.78, 5) is 23.9. The first-order valence-electron chi connectivity index (χ1n) is 7.26. The van der Waals surface area contributed by atoms with E-state index >= 15 is 0 Å². The van der Waals surface area contributed by atoms with Crippen LogP contribution in [-0.4, -0.2) is 51.4 Å². The number of carbonyl (C=O) groups excluding carboxylic acids is 2. The lowest BCUT2D eigenvalue weighted by Crippen LogP contribution is -2.43. The third-order valence-electron chi connectivity index (χ3n) is 3.60. The molecule has 2 amide bonds. The Bertz CT molecular complexity index is 660. The summed E-state index contributed by atoms with van der Waals surface area (Å²) in [5.41, 5.74) is 0.690. The van der Waals surface area contributed by atoms with Crippen molar-refractivity contribution in [2.45, 2.75) is 18.6 Å². The zero-order chi connectivity index (χ0) is 16.9. The average molecular weight is 340 g/mol. The van der Waals surface area contributed by atoms with Crippen LogP contribution in [0.3, 0.4) is 0 Å². The van der Waals surface area contributed by atoms with Crippen molar-refractivity contribution >= 4 is 21.7 Å². The lowest BCUT2D eigenvalue weighted by molar-refractivity contribution is -0.133. The number of sulfone groups is 1. The minimum Gasteiger partial charge on any atom is -0.367 e. The number of methoxy groups -OCH3 is 1. The molecule has 0 spiro atoms. The third kappa shape index (κ3) is 5.04. The summed E-state index contributed by atoms with van der Waals surface area (Å²) in [6.45, 7) is -0.220. The first kappa shape index (κ1) is 17.4. The smallest absolute Gasteiger partial charge is 0.254 e. The Morgan fingerprint density at radius 3 is 2.57 bits per heavy atom. The number of ether oxygens (including phenoxy) is 1. The van der Waals surface area contributed by atoms with E-state index in [0.717, 1.165) is 0 Å². The molecular weight excluding hydrogens is 320 g/mol. The van der Waals surface area contributed by atoms with E-state index in [1.165, 1.54) is 7.11 Å². The first-order valence-corrected chi connectivity index (χ1v) is 9.08. The molecule has 2 N–H and O–H groups in total. The predicted molar refractivity (Wildman–Crippen MR) is 84.4 cm³/mol. The Hall–Kier alpha value is -1.93. The van der Waals surface area contributed by atoms with Crippen LogP contribution in [0.25, 0.3) is 0 Å². The maximum atomic E-state index is 12.1. The monoisotopic (exact) mass is 340 g/mol. The summed E-state index contributed by atoms with van der Waals surface area (Å²) >= 11 is 0. The molecule has 2 atom stereocenters. The highest BCUT2D eigenvalue weighted by Gasteiger charge is 2.29. The fourth-order valence-electron chi connectivity index (χ4n) is 2.47. The topological polar surface area (TPSA) is 102 Å². The van der Waals surface area contributed by atoms with E-state index in [1.807, 2.05) is 6.07 Å². The van der Waals surface area contributed by atoms with Crippen molar-refractivity contribution in [1.29, 1.82) is 0 Å². The Labute approximate surface area is 135 Å². The van der Waals surface area contributed by atoms with Gasteiger partial charge in [-0.2, -0.15) is 0 Å². The van der Waals surface area contributed by atoms with Crippen LogP contribution in [0, 0.1) is 0 Å². The molecule has 0 aromatic heterocycles. The molecule has 1 saturated heterocycles. The van der Waals surface area contributed by atoms with Crippen molar-refractivity contribution in [1.82, 2.24) is 10.6 Å². The summed E-state index contributed by atoms with van der Waals surface area (Å²) in [6, 6.07) is 8.56. The van der Waals surface area contributed by atoms with Crippen molar-refractivity contribution < 1.29 is 22.7 Å². The van der Waals surface area contributed by atoms with E-state index in [0.29, 0.717) is 12.0 Å². The van der Waals surface area contributed by atoms with Crippen LogP contribution in [0.15, 0.2) is 30.3 Å². The first-order chi connectivity index (χ1) is 10.9. The minimum atomic E-state index is -3.05. The van der Waals surface area contributed by atoms with Gasteiger partial charge in [-0.25, -0.2) is 8.42 Å². The summed E-state index contributed by atoms with van der Waals surface area (Å²) in [5, 5.41) is 5.11. The molecule has 0 saturated carbocycles. The van der Waals surface area contributed by atoms with Crippen molar-refractivity contribution in [3.05, 3.63) is 35.9 Å². The maximum absolute atomic E-state index is 12.1. The number of hydrogen-bond acceptors (Lipinski definition) is 5. The van der Waals surface area contributed by atoms with Gasteiger partial charge in [0.25, 0.3) is 5.91 Å². The lowest BCUT2D eigenvalue weighted by Gasteiger charge is -2.16. The van der Waals surface area contributed by atoms with Crippen molar-refractivity contribution in [2.75, 3.05) is 25.2 Å². The van der Waals surface area contributed by atoms with Gasteiger partial charge in [0.2, 0.25) is 5.91 Å². The van der Waals surface area contributed by atoms with Gasteiger partial charge in [-0.3, -0.25) is 9.59 Å². The summed E-state index contributed by atoms with van der Waals surface area (Å²) in [6.07, 6.45) is -0.386. The maximum Gasteiger partial charge on any atom is 0.254 e. The van der Waals surface area contributed by atoms with Gasteiger partial charge in [-0.1, -0.05) is 30.3 Å². The highest BCUT2D eigenvalue weighted by molar-refractivity contribution is 7.91. The minimum absolute atomic E-state index is 0.0442. The van der Waals surface area contributed by atoms with E-state index in [4.69, 9.17) is 4.74 Å². The van der Waals surface area contributed by atoms with Crippen molar-refractivity contribution in [2.24, 2.45) is 0 Å². The zero-order valence-electron chi connectivity index (χ0n) is 12.8. The van der Waals surface area contributed by atoms with Gasteiger partial charge in [-0.15, -0.1) is 0 Å². The van der Waals surface area contributed by atoms with Crippen LogP contribution in [-0.2, 0) is 24.2 Å². The molecule has 1 fully saturated rings. The molecule has 0 unspecified atom stereocenters. The quantitative estimate of drug-likeness (QED) is 0.746. The molecule has 1 aliphatic rings. The van der Waals surface area contributed by atoms with Gasteiger partial charge < -0.3 is 15.4 Å². The Kier molecular flexibility index (Phi) is 5.73. The standard InChI is InChI=1S/C15H20N2O5S/c1-22-14(11-5-3-2-4-6-11)15(19)16-9-13(18)17-12-7-8-23(20,21)10-12/h2-6,12,14H,7-10H2,1H3,(H,16,19)(H,17,18)/t12-,14+/m1/s1. The normalized spacial score (nSPS) is 20.7. The van der Waals surface area contributed by atoms with Gasteiger partial charge in [0, 0.05) is 13.2 Å². The fourth-order valence-corrected chi connectivity index (χ4v) is 4.14. The molecule has 2 rings (SSSR count). The largest absolute Gasteiger partial charge is 0.367 e. The van der Waals surface area contributed by atoms with E-state index in [9.17, 15) is 18.0 Å². The van der Waals surface area contributed by atoms with Crippen molar-refractivity contribution in [3.8, 4) is 0 Å². The molecule has 1 aromatic rings. The third-order valence-corrected chi connectivity index (χ3v) is 5.36. The van der Waals surface area contributed by atoms with E-state index in [2.05, 4.69) is 10.6 Å². The molecule has 0 aliphatic carbocycles. The highest BCUT2D eigenvalue weighted by atomic mass is 32.2. The van der Waals surface area contributed by atoms with Crippen LogP contribution in [0.4, 0.5) is 0 Å². The SMILES string of the molecule is CO[C@H](C(=O)NCC(=O)N[C@@H]1CCS(=O)(=O)C1)c1ccccc1. The van der Waals surface area contributed by atoms with E-state index in [1.54, 1.807) is 24.3 Å². The van der Waals surface area contributed by atoms with Gasteiger partial charge in [0.15, 0.2) is 15.9 Å². The van der Waals surface area contributed by atoms with Gasteiger partial charge in [0.1, 0.15) is 0 Å². The molecule has 7 nitrogen and oxygen atoms in total. The van der Waals surface area contributed by atoms with Crippen LogP contribution in [0.2, 0.25) is 0 Å². The van der Waals surface area contributed by atoms with E-state index < -0.39 is 27.8 Å². The van der Waals surface area contributed by atoms with E-state index in [-0.39, 0.29) is 24.1 Å². The summed E-state index contributed by atoms with van der Waals surface area (Å²) in [5.74, 6) is -0.794. The molecule has 0 bridgehead atoms.